The van der Waals surface area contributed by atoms with E-state index in [1.165, 1.54) is 27.8 Å². The fourth-order valence-corrected chi connectivity index (χ4v) is 4.23. The summed E-state index contributed by atoms with van der Waals surface area (Å²) in [5.74, 6) is 0.163. The van der Waals surface area contributed by atoms with Gasteiger partial charge in [-0.05, 0) is 79.1 Å². The van der Waals surface area contributed by atoms with E-state index >= 15 is 0 Å². The van der Waals surface area contributed by atoms with Crippen molar-refractivity contribution < 1.29 is 9.53 Å². The summed E-state index contributed by atoms with van der Waals surface area (Å²) in [6.45, 7) is 6.51. The summed E-state index contributed by atoms with van der Waals surface area (Å²) in [5, 5.41) is 0.746. The highest BCUT2D eigenvalue weighted by Gasteiger charge is 2.35. The molecule has 2 heterocycles. The van der Waals surface area contributed by atoms with Gasteiger partial charge in [0.2, 0.25) is 0 Å². The van der Waals surface area contributed by atoms with Gasteiger partial charge in [0.15, 0.2) is 0 Å². The number of carbonyl (C=O) groups excluding carboxylic acids is 1. The number of hydrogen-bond acceptors (Lipinski definition) is 2. The second-order valence-corrected chi connectivity index (χ2v) is 7.86. The number of carbonyl (C=O) groups is 1. The highest BCUT2D eigenvalue weighted by molar-refractivity contribution is 6.30. The first-order valence-corrected chi connectivity index (χ1v) is 9.67. The normalized spacial score (nSPS) is 19.7. The molecule has 1 saturated heterocycles. The fourth-order valence-electron chi connectivity index (χ4n) is 4.10. The van der Waals surface area contributed by atoms with Crippen LogP contribution in [0, 0.1) is 13.8 Å². The third-order valence-corrected chi connectivity index (χ3v) is 6.10. The number of ether oxygens (including phenoxy) is 1. The minimum Gasteiger partial charge on any atom is -0.379 e. The van der Waals surface area contributed by atoms with Crippen molar-refractivity contribution >= 4 is 17.5 Å². The average Bonchev–Trinajstić information content (AvgIpc) is 2.99. The summed E-state index contributed by atoms with van der Waals surface area (Å²) in [4.78, 5) is 15.1. The molecule has 1 amide bonds. The molecule has 2 aliphatic heterocycles. The van der Waals surface area contributed by atoms with Gasteiger partial charge in [-0.1, -0.05) is 23.7 Å². The van der Waals surface area contributed by atoms with Gasteiger partial charge in [0.05, 0.1) is 12.6 Å². The van der Waals surface area contributed by atoms with Gasteiger partial charge in [0, 0.05) is 23.7 Å². The quantitative estimate of drug-likeness (QED) is 0.786. The lowest BCUT2D eigenvalue weighted by molar-refractivity contribution is 0.0179. The Hall–Kier alpha value is -1.84. The molecule has 0 saturated carbocycles. The number of amides is 1. The summed E-state index contributed by atoms with van der Waals surface area (Å²) in [6.07, 6.45) is 2.89. The summed E-state index contributed by atoms with van der Waals surface area (Å²) in [6, 6.07) is 10.3. The van der Waals surface area contributed by atoms with Crippen LogP contribution >= 0.6 is 11.6 Å². The Bertz CT molecular complexity index is 838. The first kappa shape index (κ1) is 17.6. The van der Waals surface area contributed by atoms with Gasteiger partial charge in [-0.2, -0.15) is 0 Å². The lowest BCUT2D eigenvalue weighted by Gasteiger charge is -2.30. The smallest absolute Gasteiger partial charge is 0.254 e. The minimum atomic E-state index is 0.163. The Labute approximate surface area is 159 Å². The third kappa shape index (κ3) is 3.15. The van der Waals surface area contributed by atoms with E-state index in [1.807, 2.05) is 17.0 Å². The van der Waals surface area contributed by atoms with E-state index in [2.05, 4.69) is 32.0 Å². The van der Waals surface area contributed by atoms with Crippen molar-refractivity contribution in [3.05, 3.63) is 68.7 Å². The maximum atomic E-state index is 13.1. The fraction of sp³-hybridized carbons (Fsp3) is 0.409. The van der Waals surface area contributed by atoms with Crippen molar-refractivity contribution in [1.29, 1.82) is 0 Å². The second kappa shape index (κ2) is 7.05. The SMILES string of the molecule is Cc1c(Cc2ccc(Cl)cc2)cc2c(c1C)CN(C1CCCOC1)C2=O. The molecule has 1 unspecified atom stereocenters. The van der Waals surface area contributed by atoms with E-state index in [4.69, 9.17) is 16.3 Å². The molecule has 0 bridgehead atoms. The topological polar surface area (TPSA) is 29.5 Å². The van der Waals surface area contributed by atoms with Crippen LogP contribution in [0.3, 0.4) is 0 Å². The number of nitrogens with zero attached hydrogens (tertiary/aromatic N) is 1. The number of rotatable bonds is 3. The van der Waals surface area contributed by atoms with Crippen LogP contribution in [0.1, 0.15) is 51.0 Å². The van der Waals surface area contributed by atoms with E-state index in [0.717, 1.165) is 43.0 Å². The molecule has 2 aliphatic rings. The first-order chi connectivity index (χ1) is 12.5. The molecule has 0 aromatic heterocycles. The zero-order valence-electron chi connectivity index (χ0n) is 15.3. The predicted octanol–water partition coefficient (Wildman–Crippen LogP) is 4.68. The van der Waals surface area contributed by atoms with Crippen molar-refractivity contribution in [2.45, 2.75) is 45.7 Å². The van der Waals surface area contributed by atoms with Crippen LogP contribution in [0.25, 0.3) is 0 Å². The van der Waals surface area contributed by atoms with E-state index in [1.54, 1.807) is 0 Å². The van der Waals surface area contributed by atoms with Crippen molar-refractivity contribution in [2.24, 2.45) is 0 Å². The van der Waals surface area contributed by atoms with Crippen LogP contribution in [0.4, 0.5) is 0 Å². The molecule has 0 aliphatic carbocycles. The maximum absolute atomic E-state index is 13.1. The number of hydrogen-bond donors (Lipinski definition) is 0. The van der Waals surface area contributed by atoms with E-state index < -0.39 is 0 Å². The molecule has 1 atom stereocenters. The van der Waals surface area contributed by atoms with Gasteiger partial charge in [0.25, 0.3) is 5.91 Å². The molecule has 4 rings (SSSR count). The van der Waals surface area contributed by atoms with Crippen LogP contribution in [0.2, 0.25) is 5.02 Å². The van der Waals surface area contributed by atoms with Crippen molar-refractivity contribution in [2.75, 3.05) is 13.2 Å². The molecule has 4 heteroatoms. The molecule has 0 spiro atoms. The van der Waals surface area contributed by atoms with Gasteiger partial charge in [-0.15, -0.1) is 0 Å². The zero-order chi connectivity index (χ0) is 18.3. The maximum Gasteiger partial charge on any atom is 0.254 e. The lowest BCUT2D eigenvalue weighted by Crippen LogP contribution is -2.41. The highest BCUT2D eigenvalue weighted by atomic mass is 35.5. The Morgan fingerprint density at radius 1 is 1.19 bits per heavy atom. The number of fused-ring (bicyclic) bond motifs is 1. The van der Waals surface area contributed by atoms with Crippen LogP contribution < -0.4 is 0 Å². The van der Waals surface area contributed by atoms with Gasteiger partial charge in [-0.3, -0.25) is 4.79 Å². The Kier molecular flexibility index (Phi) is 4.76. The van der Waals surface area contributed by atoms with E-state index in [9.17, 15) is 4.79 Å². The predicted molar refractivity (Wildman–Crippen MR) is 104 cm³/mol. The molecule has 0 N–H and O–H groups in total. The Morgan fingerprint density at radius 3 is 2.65 bits per heavy atom. The third-order valence-electron chi connectivity index (χ3n) is 5.85. The highest BCUT2D eigenvalue weighted by Crippen LogP contribution is 2.33. The molecule has 3 nitrogen and oxygen atoms in total. The van der Waals surface area contributed by atoms with Crippen LogP contribution in [-0.2, 0) is 17.7 Å². The number of benzene rings is 2. The summed E-state index contributed by atoms with van der Waals surface area (Å²) in [7, 11) is 0. The molecule has 2 aromatic carbocycles. The van der Waals surface area contributed by atoms with E-state index in [-0.39, 0.29) is 11.9 Å². The Morgan fingerprint density at radius 2 is 1.96 bits per heavy atom. The van der Waals surface area contributed by atoms with Gasteiger partial charge in [0.1, 0.15) is 0 Å². The van der Waals surface area contributed by atoms with Gasteiger partial charge < -0.3 is 9.64 Å². The van der Waals surface area contributed by atoms with Gasteiger partial charge >= 0.3 is 0 Å². The molecule has 2 aromatic rings. The standard InChI is InChI=1S/C22H24ClNO2/c1-14-15(2)21-12-24(19-4-3-9-26-13-19)22(25)20(21)11-17(14)10-16-5-7-18(23)8-6-16/h5-8,11,19H,3-4,9-10,12-13H2,1-2H3. The number of halogens is 1. The second-order valence-electron chi connectivity index (χ2n) is 7.42. The van der Waals surface area contributed by atoms with Gasteiger partial charge in [-0.25, -0.2) is 0 Å². The first-order valence-electron chi connectivity index (χ1n) is 9.29. The summed E-state index contributed by atoms with van der Waals surface area (Å²) >= 11 is 6.00. The molecule has 136 valence electrons. The molecule has 26 heavy (non-hydrogen) atoms. The Balaban J connectivity index is 1.64. The van der Waals surface area contributed by atoms with Crippen LogP contribution in [0.5, 0.6) is 0 Å². The van der Waals surface area contributed by atoms with Crippen molar-refractivity contribution in [1.82, 2.24) is 4.90 Å². The monoisotopic (exact) mass is 369 g/mol. The summed E-state index contributed by atoms with van der Waals surface area (Å²) < 4.78 is 5.60. The van der Waals surface area contributed by atoms with Crippen LogP contribution in [0.15, 0.2) is 30.3 Å². The molecular formula is C22H24ClNO2. The molecule has 1 fully saturated rings. The lowest BCUT2D eigenvalue weighted by atomic mass is 9.91. The van der Waals surface area contributed by atoms with E-state index in [0.29, 0.717) is 6.61 Å². The average molecular weight is 370 g/mol. The minimum absolute atomic E-state index is 0.163. The van der Waals surface area contributed by atoms with Crippen molar-refractivity contribution in [3.63, 3.8) is 0 Å². The van der Waals surface area contributed by atoms with Crippen LogP contribution in [-0.4, -0.2) is 30.1 Å². The van der Waals surface area contributed by atoms with Crippen molar-refractivity contribution in [3.8, 4) is 0 Å². The molecule has 0 radical (unpaired) electrons. The zero-order valence-corrected chi connectivity index (χ0v) is 16.1. The molecular weight excluding hydrogens is 346 g/mol. The summed E-state index contributed by atoms with van der Waals surface area (Å²) in [5.41, 5.74) is 7.03. The largest absolute Gasteiger partial charge is 0.379 e.